The van der Waals surface area contributed by atoms with Crippen molar-refractivity contribution in [3.63, 3.8) is 0 Å². The van der Waals surface area contributed by atoms with Crippen LogP contribution >= 0.6 is 0 Å². The highest BCUT2D eigenvalue weighted by Gasteiger charge is 2.00. The summed E-state index contributed by atoms with van der Waals surface area (Å²) in [6, 6.07) is 18.2. The Morgan fingerprint density at radius 3 is 2.56 bits per heavy atom. The lowest BCUT2D eigenvalue weighted by Gasteiger charge is -2.11. The maximum atomic E-state index is 5.87. The molecule has 0 spiro atoms. The summed E-state index contributed by atoms with van der Waals surface area (Å²) in [6.07, 6.45) is 0. The summed E-state index contributed by atoms with van der Waals surface area (Å²) in [5, 5.41) is 6.46. The summed E-state index contributed by atoms with van der Waals surface area (Å²) in [7, 11) is 1.69. The smallest absolute Gasteiger partial charge is 0.191 e. The normalized spacial score (nSPS) is 11.2. The average Bonchev–Trinajstić information content (AvgIpc) is 2.66. The summed E-state index contributed by atoms with van der Waals surface area (Å²) in [5.41, 5.74) is 2.26. The maximum absolute atomic E-state index is 5.87. The monoisotopic (exact) mass is 341 g/mol. The van der Waals surface area contributed by atoms with E-state index in [1.165, 1.54) is 0 Å². The zero-order chi connectivity index (χ0) is 17.7. The first kappa shape index (κ1) is 18.8. The molecule has 0 atom stereocenters. The fraction of sp³-hybridized carbons (Fsp3) is 0.350. The molecule has 0 amide bonds. The minimum absolute atomic E-state index is 0.564. The first-order valence-electron chi connectivity index (χ1n) is 8.58. The van der Waals surface area contributed by atoms with E-state index in [2.05, 4.69) is 33.8 Å². The second kappa shape index (κ2) is 11.1. The molecule has 5 nitrogen and oxygen atoms in total. The van der Waals surface area contributed by atoms with Gasteiger partial charge in [0.05, 0.1) is 13.2 Å². The first-order valence-corrected chi connectivity index (χ1v) is 8.58. The number of rotatable bonds is 9. The zero-order valence-corrected chi connectivity index (χ0v) is 15.0. The summed E-state index contributed by atoms with van der Waals surface area (Å²) in [6.45, 7) is 5.39. The minimum atomic E-state index is 0.564. The lowest BCUT2D eigenvalue weighted by atomic mass is 10.2. The molecule has 0 aliphatic carbocycles. The second-order valence-electron chi connectivity index (χ2n) is 5.54. The van der Waals surface area contributed by atoms with Gasteiger partial charge in [-0.15, -0.1) is 0 Å². The highest BCUT2D eigenvalue weighted by atomic mass is 16.5. The van der Waals surface area contributed by atoms with Crippen LogP contribution < -0.4 is 15.4 Å². The number of guanidine groups is 1. The van der Waals surface area contributed by atoms with Crippen molar-refractivity contribution < 1.29 is 9.47 Å². The lowest BCUT2D eigenvalue weighted by Crippen LogP contribution is -2.38. The van der Waals surface area contributed by atoms with E-state index < -0.39 is 0 Å². The Kier molecular flexibility index (Phi) is 8.35. The number of benzene rings is 2. The number of nitrogens with zero attached hydrogens (tertiary/aromatic N) is 1. The molecular formula is C20H27N3O2. The number of hydrogen-bond acceptors (Lipinski definition) is 3. The topological polar surface area (TPSA) is 54.9 Å². The van der Waals surface area contributed by atoms with Crippen LogP contribution in [-0.2, 0) is 17.9 Å². The van der Waals surface area contributed by atoms with Crippen LogP contribution in [0.1, 0.15) is 18.1 Å². The fourth-order valence-corrected chi connectivity index (χ4v) is 2.26. The van der Waals surface area contributed by atoms with E-state index in [1.807, 2.05) is 43.3 Å². The molecule has 0 bridgehead atoms. The number of nitrogens with one attached hydrogen (secondary N) is 2. The Bertz CT molecular complexity index is 644. The van der Waals surface area contributed by atoms with Gasteiger partial charge in [0.1, 0.15) is 12.4 Å². The van der Waals surface area contributed by atoms with Crippen molar-refractivity contribution in [1.29, 1.82) is 0 Å². The molecule has 2 aromatic rings. The van der Waals surface area contributed by atoms with Crippen LogP contribution in [-0.4, -0.2) is 32.8 Å². The Balaban J connectivity index is 1.91. The van der Waals surface area contributed by atoms with Gasteiger partial charge in [-0.2, -0.15) is 0 Å². The third kappa shape index (κ3) is 7.27. The summed E-state index contributed by atoms with van der Waals surface area (Å²) in [4.78, 5) is 4.60. The van der Waals surface area contributed by atoms with Crippen LogP contribution in [0.25, 0.3) is 0 Å². The van der Waals surface area contributed by atoms with Gasteiger partial charge >= 0.3 is 0 Å². The number of methoxy groups -OCH3 is 1. The van der Waals surface area contributed by atoms with Crippen LogP contribution in [0.3, 0.4) is 0 Å². The molecule has 0 aromatic heterocycles. The third-order valence-corrected chi connectivity index (χ3v) is 3.51. The van der Waals surface area contributed by atoms with E-state index >= 15 is 0 Å². The highest BCUT2D eigenvalue weighted by molar-refractivity contribution is 5.79. The summed E-state index contributed by atoms with van der Waals surface area (Å²) >= 11 is 0. The van der Waals surface area contributed by atoms with E-state index in [0.29, 0.717) is 19.8 Å². The van der Waals surface area contributed by atoms with Crippen molar-refractivity contribution in [3.05, 3.63) is 65.7 Å². The Labute approximate surface area is 150 Å². The molecule has 0 radical (unpaired) electrons. The third-order valence-electron chi connectivity index (χ3n) is 3.51. The second-order valence-corrected chi connectivity index (χ2v) is 5.54. The molecule has 0 aliphatic heterocycles. The number of ether oxygens (including phenoxy) is 2. The molecule has 5 heteroatoms. The van der Waals surface area contributed by atoms with Crippen LogP contribution in [0.15, 0.2) is 59.6 Å². The molecule has 2 N–H and O–H groups in total. The highest BCUT2D eigenvalue weighted by Crippen LogP contribution is 2.15. The van der Waals surface area contributed by atoms with Gasteiger partial charge in [-0.05, 0) is 30.2 Å². The van der Waals surface area contributed by atoms with Gasteiger partial charge < -0.3 is 20.1 Å². The molecule has 0 fully saturated rings. The van der Waals surface area contributed by atoms with Gasteiger partial charge in [0.2, 0.25) is 0 Å². The standard InChI is InChI=1S/C20H27N3O2/c1-3-21-20(22-12-13-24-2)23-15-18-10-7-11-19(14-18)25-16-17-8-5-4-6-9-17/h4-11,14H,3,12-13,15-16H2,1-2H3,(H2,21,22,23). The molecular weight excluding hydrogens is 314 g/mol. The van der Waals surface area contributed by atoms with E-state index in [-0.39, 0.29) is 0 Å². The molecule has 0 aliphatic rings. The van der Waals surface area contributed by atoms with E-state index in [1.54, 1.807) is 7.11 Å². The zero-order valence-electron chi connectivity index (χ0n) is 15.0. The van der Waals surface area contributed by atoms with Crippen LogP contribution in [0.4, 0.5) is 0 Å². The predicted molar refractivity (Wildman–Crippen MR) is 102 cm³/mol. The van der Waals surface area contributed by atoms with Crippen LogP contribution in [0.2, 0.25) is 0 Å². The van der Waals surface area contributed by atoms with Crippen molar-refractivity contribution in [2.24, 2.45) is 4.99 Å². The van der Waals surface area contributed by atoms with Crippen molar-refractivity contribution in [3.8, 4) is 5.75 Å². The molecule has 0 unspecified atom stereocenters. The Morgan fingerprint density at radius 2 is 1.80 bits per heavy atom. The Hall–Kier alpha value is -2.53. The minimum Gasteiger partial charge on any atom is -0.489 e. The van der Waals surface area contributed by atoms with Gasteiger partial charge in [0.25, 0.3) is 0 Å². The van der Waals surface area contributed by atoms with Gasteiger partial charge in [-0.1, -0.05) is 42.5 Å². The average molecular weight is 341 g/mol. The van der Waals surface area contributed by atoms with Gasteiger partial charge in [-0.3, -0.25) is 0 Å². The molecule has 0 saturated carbocycles. The van der Waals surface area contributed by atoms with Crippen molar-refractivity contribution in [1.82, 2.24) is 10.6 Å². The SMILES string of the molecule is CCNC(=NCc1cccc(OCc2ccccc2)c1)NCCOC. The van der Waals surface area contributed by atoms with Crippen molar-refractivity contribution in [2.45, 2.75) is 20.1 Å². The Morgan fingerprint density at radius 1 is 1.00 bits per heavy atom. The number of hydrogen-bond donors (Lipinski definition) is 2. The quantitative estimate of drug-likeness (QED) is 0.418. The van der Waals surface area contributed by atoms with Crippen LogP contribution in [0, 0.1) is 0 Å². The first-order chi connectivity index (χ1) is 12.3. The summed E-state index contributed by atoms with van der Waals surface area (Å²) in [5.74, 6) is 1.64. The molecule has 2 aromatic carbocycles. The molecule has 25 heavy (non-hydrogen) atoms. The van der Waals surface area contributed by atoms with E-state index in [0.717, 1.165) is 35.9 Å². The van der Waals surface area contributed by atoms with Crippen molar-refractivity contribution in [2.75, 3.05) is 26.8 Å². The predicted octanol–water partition coefficient (Wildman–Crippen LogP) is 2.97. The molecule has 2 rings (SSSR count). The maximum Gasteiger partial charge on any atom is 0.191 e. The van der Waals surface area contributed by atoms with E-state index in [4.69, 9.17) is 9.47 Å². The number of aliphatic imine (C=N–C) groups is 1. The molecule has 134 valence electrons. The van der Waals surface area contributed by atoms with Crippen LogP contribution in [0.5, 0.6) is 5.75 Å². The molecule has 0 saturated heterocycles. The summed E-state index contributed by atoms with van der Waals surface area (Å²) < 4.78 is 10.9. The van der Waals surface area contributed by atoms with Gasteiger partial charge in [-0.25, -0.2) is 4.99 Å². The van der Waals surface area contributed by atoms with E-state index in [9.17, 15) is 0 Å². The van der Waals surface area contributed by atoms with Crippen molar-refractivity contribution >= 4 is 5.96 Å². The molecule has 0 heterocycles. The fourth-order valence-electron chi connectivity index (χ4n) is 2.26. The van der Waals surface area contributed by atoms with Gasteiger partial charge in [0, 0.05) is 20.2 Å². The largest absolute Gasteiger partial charge is 0.489 e. The van der Waals surface area contributed by atoms with Gasteiger partial charge in [0.15, 0.2) is 5.96 Å². The lowest BCUT2D eigenvalue weighted by molar-refractivity contribution is 0.203.